The number of hydrogen-bond donors (Lipinski definition) is 0. The molecule has 0 radical (unpaired) electrons. The Morgan fingerprint density at radius 3 is 1.45 bits per heavy atom. The lowest BCUT2D eigenvalue weighted by Crippen LogP contribution is -2.41. The number of hydrazine groups is 1. The molecule has 0 N–H and O–H groups in total. The summed E-state index contributed by atoms with van der Waals surface area (Å²) in [6, 6.07) is 1.75. The first-order valence-corrected chi connectivity index (χ1v) is 4.74. The maximum absolute atomic E-state index is 2.38. The highest BCUT2D eigenvalue weighted by Crippen LogP contribution is 2.34. The van der Waals surface area contributed by atoms with Gasteiger partial charge in [0.05, 0.1) is 0 Å². The molecule has 0 amide bonds. The fraction of sp³-hybridized carbons (Fsp3) is 1.00. The number of nitrogens with zero attached hydrogens (tertiary/aromatic N) is 2. The van der Waals surface area contributed by atoms with Crippen molar-refractivity contribution in [2.24, 2.45) is 0 Å². The van der Waals surface area contributed by atoms with Gasteiger partial charge >= 0.3 is 0 Å². The first-order chi connectivity index (χ1) is 5.29. The van der Waals surface area contributed by atoms with Crippen LogP contribution < -0.4 is 0 Å². The molecule has 11 heavy (non-hydrogen) atoms. The van der Waals surface area contributed by atoms with E-state index >= 15 is 0 Å². The van der Waals surface area contributed by atoms with E-state index in [-0.39, 0.29) is 0 Å². The SMILES string of the molecule is CC.CN1C2CCC(C2)N1C. The molecular weight excluding hydrogens is 136 g/mol. The van der Waals surface area contributed by atoms with Crippen molar-refractivity contribution in [2.75, 3.05) is 14.1 Å². The molecule has 2 fully saturated rings. The van der Waals surface area contributed by atoms with Crippen LogP contribution in [0.1, 0.15) is 33.1 Å². The van der Waals surface area contributed by atoms with Gasteiger partial charge in [0.1, 0.15) is 0 Å². The third-order valence-electron chi connectivity index (χ3n) is 2.93. The largest absolute Gasteiger partial charge is 0.242 e. The molecule has 1 aliphatic carbocycles. The number of hydrogen-bond acceptors (Lipinski definition) is 2. The molecule has 66 valence electrons. The van der Waals surface area contributed by atoms with Crippen LogP contribution in [-0.4, -0.2) is 36.2 Å². The molecule has 2 atom stereocenters. The van der Waals surface area contributed by atoms with Gasteiger partial charge in [-0.15, -0.1) is 0 Å². The Labute approximate surface area is 70.1 Å². The molecule has 0 aromatic rings. The van der Waals surface area contributed by atoms with Gasteiger partial charge in [0.2, 0.25) is 0 Å². The van der Waals surface area contributed by atoms with Crippen molar-refractivity contribution in [2.45, 2.75) is 45.2 Å². The first kappa shape index (κ1) is 9.01. The Hall–Kier alpha value is -0.0800. The molecule has 2 rings (SSSR count). The van der Waals surface area contributed by atoms with Gasteiger partial charge in [-0.1, -0.05) is 13.8 Å². The summed E-state index contributed by atoms with van der Waals surface area (Å²) in [6.45, 7) is 4.00. The van der Waals surface area contributed by atoms with Crippen molar-refractivity contribution >= 4 is 0 Å². The van der Waals surface area contributed by atoms with Gasteiger partial charge in [0.15, 0.2) is 0 Å². The van der Waals surface area contributed by atoms with Crippen LogP contribution in [0.4, 0.5) is 0 Å². The highest BCUT2D eigenvalue weighted by molar-refractivity contribution is 4.91. The Morgan fingerprint density at radius 2 is 1.27 bits per heavy atom. The minimum Gasteiger partial charge on any atom is -0.242 e. The molecule has 0 aromatic carbocycles. The van der Waals surface area contributed by atoms with Crippen LogP contribution in [0.2, 0.25) is 0 Å². The van der Waals surface area contributed by atoms with E-state index in [1.165, 1.54) is 19.3 Å². The Balaban J connectivity index is 0.000000281. The van der Waals surface area contributed by atoms with E-state index in [1.54, 1.807) is 0 Å². The van der Waals surface area contributed by atoms with Crippen LogP contribution >= 0.6 is 0 Å². The number of rotatable bonds is 0. The summed E-state index contributed by atoms with van der Waals surface area (Å²) >= 11 is 0. The van der Waals surface area contributed by atoms with Crippen LogP contribution in [0.25, 0.3) is 0 Å². The highest BCUT2D eigenvalue weighted by atomic mass is 15.7. The minimum absolute atomic E-state index is 0.875. The zero-order chi connectivity index (χ0) is 8.43. The summed E-state index contributed by atoms with van der Waals surface area (Å²) in [7, 11) is 4.40. The fourth-order valence-electron chi connectivity index (χ4n) is 2.13. The van der Waals surface area contributed by atoms with Gasteiger partial charge in [-0.05, 0) is 19.3 Å². The van der Waals surface area contributed by atoms with E-state index in [2.05, 4.69) is 24.1 Å². The van der Waals surface area contributed by atoms with Crippen molar-refractivity contribution in [3.8, 4) is 0 Å². The van der Waals surface area contributed by atoms with E-state index in [9.17, 15) is 0 Å². The Bertz CT molecular complexity index is 107. The second-order valence-electron chi connectivity index (χ2n) is 3.27. The summed E-state index contributed by atoms with van der Waals surface area (Å²) in [5, 5.41) is 4.77. The summed E-state index contributed by atoms with van der Waals surface area (Å²) in [5.41, 5.74) is 0. The lowest BCUT2D eigenvalue weighted by Gasteiger charge is -2.31. The lowest BCUT2D eigenvalue weighted by atomic mass is 10.2. The Kier molecular flexibility index (Phi) is 2.90. The zero-order valence-corrected chi connectivity index (χ0v) is 8.17. The van der Waals surface area contributed by atoms with Crippen LogP contribution in [0.15, 0.2) is 0 Å². The standard InChI is InChI=1S/C7H14N2.C2H6/c1-8-6-3-4-7(5-6)9(8)2;1-2/h6-7H,3-5H2,1-2H3;1-2H3. The van der Waals surface area contributed by atoms with E-state index in [1.807, 2.05) is 13.8 Å². The van der Waals surface area contributed by atoms with Crippen LogP contribution in [0.5, 0.6) is 0 Å². The maximum Gasteiger partial charge on any atom is 0.0258 e. The molecule has 2 nitrogen and oxygen atoms in total. The van der Waals surface area contributed by atoms with Gasteiger partial charge < -0.3 is 0 Å². The van der Waals surface area contributed by atoms with Gasteiger partial charge in [-0.2, -0.15) is 0 Å². The van der Waals surface area contributed by atoms with Gasteiger partial charge in [-0.3, -0.25) is 0 Å². The molecule has 2 unspecified atom stereocenters. The van der Waals surface area contributed by atoms with Crippen LogP contribution in [-0.2, 0) is 0 Å². The first-order valence-electron chi connectivity index (χ1n) is 4.74. The van der Waals surface area contributed by atoms with Crippen LogP contribution in [0.3, 0.4) is 0 Å². The summed E-state index contributed by atoms with van der Waals surface area (Å²) in [5.74, 6) is 0. The Morgan fingerprint density at radius 1 is 0.909 bits per heavy atom. The normalized spacial score (nSPS) is 37.1. The molecule has 0 spiro atoms. The summed E-state index contributed by atoms with van der Waals surface area (Å²) in [4.78, 5) is 0. The summed E-state index contributed by atoms with van der Waals surface area (Å²) < 4.78 is 0. The van der Waals surface area contributed by atoms with E-state index in [0.717, 1.165) is 12.1 Å². The molecule has 0 aromatic heterocycles. The zero-order valence-electron chi connectivity index (χ0n) is 8.17. The van der Waals surface area contributed by atoms with Gasteiger partial charge in [-0.25, -0.2) is 10.0 Å². The van der Waals surface area contributed by atoms with Crippen molar-refractivity contribution in [1.29, 1.82) is 0 Å². The van der Waals surface area contributed by atoms with Gasteiger partial charge in [0, 0.05) is 26.2 Å². The molecular formula is C9H20N2. The van der Waals surface area contributed by atoms with Crippen molar-refractivity contribution in [3.63, 3.8) is 0 Å². The summed E-state index contributed by atoms with van der Waals surface area (Å²) in [6.07, 6.45) is 4.25. The second-order valence-corrected chi connectivity index (χ2v) is 3.27. The molecule has 1 aliphatic heterocycles. The topological polar surface area (TPSA) is 6.48 Å². The highest BCUT2D eigenvalue weighted by Gasteiger charge is 2.39. The quantitative estimate of drug-likeness (QED) is 0.527. The van der Waals surface area contributed by atoms with E-state index in [4.69, 9.17) is 0 Å². The molecule has 2 heteroatoms. The maximum atomic E-state index is 2.38. The minimum atomic E-state index is 0.875. The number of fused-ring (bicyclic) bond motifs is 2. The molecule has 1 saturated carbocycles. The molecule has 2 bridgehead atoms. The smallest absolute Gasteiger partial charge is 0.0258 e. The molecule has 1 saturated heterocycles. The van der Waals surface area contributed by atoms with Crippen molar-refractivity contribution < 1.29 is 0 Å². The third kappa shape index (κ3) is 1.42. The second kappa shape index (κ2) is 3.55. The van der Waals surface area contributed by atoms with Crippen molar-refractivity contribution in [3.05, 3.63) is 0 Å². The van der Waals surface area contributed by atoms with E-state index in [0.29, 0.717) is 0 Å². The monoisotopic (exact) mass is 156 g/mol. The molecule has 2 aliphatic rings. The lowest BCUT2D eigenvalue weighted by molar-refractivity contribution is -0.00457. The third-order valence-corrected chi connectivity index (χ3v) is 2.93. The average Bonchev–Trinajstić information content (AvgIpc) is 2.60. The van der Waals surface area contributed by atoms with Crippen molar-refractivity contribution in [1.82, 2.24) is 10.0 Å². The van der Waals surface area contributed by atoms with E-state index < -0.39 is 0 Å². The predicted molar refractivity (Wildman–Crippen MR) is 48.3 cm³/mol. The van der Waals surface area contributed by atoms with Gasteiger partial charge in [0.25, 0.3) is 0 Å². The molecule has 1 heterocycles. The van der Waals surface area contributed by atoms with Crippen LogP contribution in [0, 0.1) is 0 Å². The predicted octanol–water partition coefficient (Wildman–Crippen LogP) is 1.73. The fourth-order valence-corrected chi connectivity index (χ4v) is 2.13. The average molecular weight is 156 g/mol.